The van der Waals surface area contributed by atoms with E-state index >= 15 is 0 Å². The highest BCUT2D eigenvalue weighted by molar-refractivity contribution is 7.22. The molecule has 1 saturated heterocycles. The van der Waals surface area contributed by atoms with Crippen LogP contribution < -0.4 is 5.43 Å². The third kappa shape index (κ3) is 3.46. The van der Waals surface area contributed by atoms with Crippen LogP contribution in [-0.4, -0.2) is 37.9 Å². The van der Waals surface area contributed by atoms with Gasteiger partial charge in [0.25, 0.3) is 0 Å². The summed E-state index contributed by atoms with van der Waals surface area (Å²) in [4.78, 5) is 27.2. The lowest BCUT2D eigenvalue weighted by atomic mass is 10.0. The Balaban J connectivity index is 1.57. The van der Waals surface area contributed by atoms with Crippen molar-refractivity contribution in [3.8, 4) is 16.3 Å². The number of aromatic nitrogens is 5. The third-order valence-electron chi connectivity index (χ3n) is 5.85. The Morgan fingerprint density at radius 1 is 1.15 bits per heavy atom. The summed E-state index contributed by atoms with van der Waals surface area (Å²) < 4.78 is 35.9. The molecule has 0 saturated carbocycles. The van der Waals surface area contributed by atoms with Gasteiger partial charge in [0.15, 0.2) is 22.7 Å². The molecule has 0 bridgehead atoms. The quantitative estimate of drug-likeness (QED) is 0.379. The molecule has 1 aliphatic heterocycles. The maximum atomic E-state index is 14.7. The summed E-state index contributed by atoms with van der Waals surface area (Å²) in [6, 6.07) is 7.05. The number of hydrogen-bond acceptors (Lipinski definition) is 7. The zero-order chi connectivity index (χ0) is 23.4. The van der Waals surface area contributed by atoms with Crippen LogP contribution in [0.4, 0.5) is 8.78 Å². The molecule has 7 nitrogen and oxygen atoms in total. The number of fused-ring (bicyclic) bond motifs is 2. The minimum atomic E-state index is -0.823. The van der Waals surface area contributed by atoms with Gasteiger partial charge in [0.05, 0.1) is 21.9 Å². The van der Waals surface area contributed by atoms with Crippen molar-refractivity contribution in [1.82, 2.24) is 24.7 Å². The molecule has 0 spiro atoms. The van der Waals surface area contributed by atoms with Crippen molar-refractivity contribution >= 4 is 32.6 Å². The molecule has 0 unspecified atom stereocenters. The molecule has 0 N–H and O–H groups in total. The van der Waals surface area contributed by atoms with Gasteiger partial charge in [-0.25, -0.2) is 23.4 Å². The smallest absolute Gasteiger partial charge is 0.236 e. The van der Waals surface area contributed by atoms with E-state index in [1.807, 2.05) is 12.1 Å². The van der Waals surface area contributed by atoms with Crippen LogP contribution in [0.25, 0.3) is 37.5 Å². The van der Waals surface area contributed by atoms with E-state index in [1.165, 1.54) is 28.3 Å². The summed E-state index contributed by atoms with van der Waals surface area (Å²) in [5.41, 5.74) is 1.32. The monoisotopic (exact) mass is 477 g/mol. The maximum absolute atomic E-state index is 14.7. The molecule has 1 atom stereocenters. The van der Waals surface area contributed by atoms with Crippen molar-refractivity contribution in [2.75, 3.05) is 13.2 Å². The summed E-state index contributed by atoms with van der Waals surface area (Å²) in [5, 5.41) is 5.41. The first-order valence-electron chi connectivity index (χ1n) is 10.7. The Morgan fingerprint density at radius 3 is 2.82 bits per heavy atom. The van der Waals surface area contributed by atoms with Crippen LogP contribution >= 0.6 is 11.3 Å². The Morgan fingerprint density at radius 2 is 2.03 bits per heavy atom. The Kier molecular flexibility index (Phi) is 4.93. The van der Waals surface area contributed by atoms with Gasteiger partial charge in [-0.05, 0) is 43.0 Å². The summed E-state index contributed by atoms with van der Waals surface area (Å²) in [7, 11) is 0. The SMILES string of the molecule is Cc1cnc2c(=O)c(-c3cc4cc([C@H]5CCOC5)ncc4s3)nn(-c3ccc(F)cc3F)c2n1. The molecule has 170 valence electrons. The summed E-state index contributed by atoms with van der Waals surface area (Å²) in [5.74, 6) is -1.28. The number of ether oxygens (including phenoxy) is 1. The van der Waals surface area contributed by atoms with Gasteiger partial charge in [-0.2, -0.15) is 5.10 Å². The van der Waals surface area contributed by atoms with E-state index in [0.29, 0.717) is 17.2 Å². The van der Waals surface area contributed by atoms with Crippen molar-refractivity contribution in [2.45, 2.75) is 19.3 Å². The van der Waals surface area contributed by atoms with Crippen LogP contribution in [0.3, 0.4) is 0 Å². The minimum Gasteiger partial charge on any atom is -0.381 e. The van der Waals surface area contributed by atoms with Crippen LogP contribution in [0.5, 0.6) is 0 Å². The highest BCUT2D eigenvalue weighted by Crippen LogP contribution is 2.34. The third-order valence-corrected chi connectivity index (χ3v) is 6.94. The number of benzene rings is 1. The molecule has 5 heterocycles. The van der Waals surface area contributed by atoms with Gasteiger partial charge in [0.1, 0.15) is 11.5 Å². The fraction of sp³-hybridized carbons (Fsp3) is 0.208. The van der Waals surface area contributed by atoms with Crippen molar-refractivity contribution in [3.05, 3.63) is 76.0 Å². The zero-order valence-electron chi connectivity index (χ0n) is 18.0. The zero-order valence-corrected chi connectivity index (χ0v) is 18.8. The minimum absolute atomic E-state index is 0.0288. The largest absolute Gasteiger partial charge is 0.381 e. The Bertz CT molecular complexity index is 1640. The molecule has 5 aromatic rings. The molecular weight excluding hydrogens is 460 g/mol. The van der Waals surface area contributed by atoms with Gasteiger partial charge in [0, 0.05) is 36.7 Å². The van der Waals surface area contributed by atoms with Crippen LogP contribution in [-0.2, 0) is 4.74 Å². The first-order chi connectivity index (χ1) is 16.5. The second-order valence-corrected chi connectivity index (χ2v) is 9.27. The molecule has 4 aromatic heterocycles. The summed E-state index contributed by atoms with van der Waals surface area (Å²) in [6.07, 6.45) is 4.19. The van der Waals surface area contributed by atoms with E-state index in [2.05, 4.69) is 20.1 Å². The fourth-order valence-corrected chi connectivity index (χ4v) is 5.12. The first kappa shape index (κ1) is 20.9. The van der Waals surface area contributed by atoms with E-state index < -0.39 is 17.1 Å². The predicted molar refractivity (Wildman–Crippen MR) is 124 cm³/mol. The second-order valence-electron chi connectivity index (χ2n) is 8.19. The van der Waals surface area contributed by atoms with Crippen LogP contribution in [0, 0.1) is 18.6 Å². The van der Waals surface area contributed by atoms with Gasteiger partial charge in [0.2, 0.25) is 5.43 Å². The molecule has 1 aliphatic rings. The molecule has 6 rings (SSSR count). The van der Waals surface area contributed by atoms with Crippen LogP contribution in [0.2, 0.25) is 0 Å². The van der Waals surface area contributed by atoms with E-state index in [-0.39, 0.29) is 28.5 Å². The number of nitrogens with zero attached hydrogens (tertiary/aromatic N) is 5. The molecule has 0 aliphatic carbocycles. The normalized spacial score (nSPS) is 16.0. The topological polar surface area (TPSA) is 82.8 Å². The Labute approximate surface area is 195 Å². The van der Waals surface area contributed by atoms with Crippen molar-refractivity contribution < 1.29 is 13.5 Å². The van der Waals surface area contributed by atoms with Crippen LogP contribution in [0.1, 0.15) is 23.7 Å². The van der Waals surface area contributed by atoms with Crippen molar-refractivity contribution in [2.24, 2.45) is 0 Å². The molecule has 1 aromatic carbocycles. The molecule has 34 heavy (non-hydrogen) atoms. The lowest BCUT2D eigenvalue weighted by Gasteiger charge is -2.11. The lowest BCUT2D eigenvalue weighted by Crippen LogP contribution is -2.18. The molecule has 1 fully saturated rings. The van der Waals surface area contributed by atoms with E-state index in [1.54, 1.807) is 13.1 Å². The van der Waals surface area contributed by atoms with Crippen molar-refractivity contribution in [3.63, 3.8) is 0 Å². The number of thiophene rings is 1. The summed E-state index contributed by atoms with van der Waals surface area (Å²) >= 11 is 1.37. The number of pyridine rings is 1. The fourth-order valence-electron chi connectivity index (χ4n) is 4.13. The van der Waals surface area contributed by atoms with Gasteiger partial charge in [-0.3, -0.25) is 9.78 Å². The highest BCUT2D eigenvalue weighted by Gasteiger charge is 2.22. The van der Waals surface area contributed by atoms with E-state index in [4.69, 9.17) is 4.74 Å². The second kappa shape index (κ2) is 8.00. The van der Waals surface area contributed by atoms with E-state index in [0.717, 1.165) is 40.9 Å². The number of halogens is 2. The maximum Gasteiger partial charge on any atom is 0.236 e. The number of hydrogen-bond donors (Lipinski definition) is 0. The molecule has 10 heteroatoms. The van der Waals surface area contributed by atoms with Gasteiger partial charge < -0.3 is 4.74 Å². The summed E-state index contributed by atoms with van der Waals surface area (Å²) in [6.45, 7) is 3.08. The lowest BCUT2D eigenvalue weighted by molar-refractivity contribution is 0.193. The standard InChI is InChI=1S/C24H17F2N5O2S/c1-12-9-28-22-23(32)21(30-31(24(22)29-12)18-3-2-15(25)8-16(18)26)19-7-14-6-17(13-4-5-33-11-13)27-10-20(14)34-19/h2-3,6-10,13H,4-5,11H2,1H3/t13-/m0/s1. The van der Waals surface area contributed by atoms with Gasteiger partial charge in [-0.1, -0.05) is 0 Å². The number of rotatable bonds is 3. The van der Waals surface area contributed by atoms with Crippen LogP contribution in [0.15, 0.2) is 47.5 Å². The molecular formula is C24H17F2N5O2S. The van der Waals surface area contributed by atoms with Gasteiger partial charge >= 0.3 is 0 Å². The Hall–Kier alpha value is -3.63. The average Bonchev–Trinajstić information content (AvgIpc) is 3.49. The highest BCUT2D eigenvalue weighted by atomic mass is 32.1. The first-order valence-corrected chi connectivity index (χ1v) is 11.5. The number of aryl methyl sites for hydroxylation is 1. The van der Waals surface area contributed by atoms with Gasteiger partial charge in [-0.15, -0.1) is 11.3 Å². The molecule has 0 amide bonds. The average molecular weight is 477 g/mol. The van der Waals surface area contributed by atoms with Crippen molar-refractivity contribution in [1.29, 1.82) is 0 Å². The van der Waals surface area contributed by atoms with E-state index in [9.17, 15) is 13.6 Å². The molecule has 0 radical (unpaired) electrons. The predicted octanol–water partition coefficient (Wildman–Crippen LogP) is 4.54.